The molecule has 2 heterocycles. The minimum absolute atomic E-state index is 0.153. The molecule has 0 aliphatic carbocycles. The van der Waals surface area contributed by atoms with Crippen LogP contribution < -0.4 is 14.9 Å². The van der Waals surface area contributed by atoms with Crippen LogP contribution in [0, 0.1) is 6.92 Å². The Morgan fingerprint density at radius 2 is 1.82 bits per heavy atom. The zero-order valence-corrected chi connectivity index (χ0v) is 16.9. The molecule has 7 nitrogen and oxygen atoms in total. The first-order valence-electron chi connectivity index (χ1n) is 9.03. The van der Waals surface area contributed by atoms with Gasteiger partial charge in [0.05, 0.1) is 5.69 Å². The number of nitrogens with one attached hydrogen (secondary N) is 2. The van der Waals surface area contributed by atoms with Gasteiger partial charge in [-0.3, -0.25) is 4.79 Å². The van der Waals surface area contributed by atoms with Crippen molar-refractivity contribution in [2.24, 2.45) is 0 Å². The standard InChI is InChI=1S/C19H21ClN4O3S/c1-13-6-7-14(20)12-16(13)23-8-10-24(11-9-23)19(25)18-21-15-4-2-3-5-17(15)28(26,27)22-18/h2-7,12,18,21-22H,8-11H2,1H3. The monoisotopic (exact) mass is 420 g/mol. The average Bonchev–Trinajstić information content (AvgIpc) is 2.69. The molecule has 0 radical (unpaired) electrons. The first kappa shape index (κ1) is 19.0. The van der Waals surface area contributed by atoms with Crippen LogP contribution in [0.4, 0.5) is 11.4 Å². The number of nitrogens with zero attached hydrogens (tertiary/aromatic N) is 2. The third-order valence-electron chi connectivity index (χ3n) is 5.10. The lowest BCUT2D eigenvalue weighted by molar-refractivity contribution is -0.132. The van der Waals surface area contributed by atoms with Gasteiger partial charge in [-0.25, -0.2) is 8.42 Å². The molecule has 0 bridgehead atoms. The number of benzene rings is 2. The van der Waals surface area contributed by atoms with Crippen molar-refractivity contribution in [3.63, 3.8) is 0 Å². The summed E-state index contributed by atoms with van der Waals surface area (Å²) in [6.07, 6.45) is -1.00. The first-order valence-corrected chi connectivity index (χ1v) is 10.9. The van der Waals surface area contributed by atoms with E-state index in [-0.39, 0.29) is 10.8 Å². The highest BCUT2D eigenvalue weighted by Crippen LogP contribution is 2.27. The number of piperazine rings is 1. The number of aryl methyl sites for hydroxylation is 1. The number of sulfonamides is 1. The maximum absolute atomic E-state index is 12.9. The fourth-order valence-corrected chi connectivity index (χ4v) is 5.05. The number of rotatable bonds is 2. The number of amides is 1. The zero-order chi connectivity index (χ0) is 19.9. The molecule has 2 aliphatic rings. The van der Waals surface area contributed by atoms with E-state index in [4.69, 9.17) is 11.6 Å². The van der Waals surface area contributed by atoms with Gasteiger partial charge in [-0.15, -0.1) is 0 Å². The molecule has 1 amide bonds. The molecule has 2 aromatic rings. The first-order chi connectivity index (χ1) is 13.3. The molecule has 1 saturated heterocycles. The Labute approximate surface area is 169 Å². The van der Waals surface area contributed by atoms with E-state index in [2.05, 4.69) is 14.9 Å². The zero-order valence-electron chi connectivity index (χ0n) is 15.4. The van der Waals surface area contributed by atoms with E-state index in [1.807, 2.05) is 25.1 Å². The van der Waals surface area contributed by atoms with E-state index in [9.17, 15) is 13.2 Å². The Morgan fingerprint density at radius 1 is 1.11 bits per heavy atom. The van der Waals surface area contributed by atoms with Crippen LogP contribution in [0.5, 0.6) is 0 Å². The fraction of sp³-hybridized carbons (Fsp3) is 0.316. The van der Waals surface area contributed by atoms with Gasteiger partial charge < -0.3 is 15.1 Å². The Balaban J connectivity index is 1.46. The van der Waals surface area contributed by atoms with E-state index in [1.54, 1.807) is 23.1 Å². The number of halogens is 1. The predicted octanol–water partition coefficient (Wildman–Crippen LogP) is 2.03. The second-order valence-electron chi connectivity index (χ2n) is 6.94. The molecule has 2 aromatic carbocycles. The molecule has 4 rings (SSSR count). The molecule has 148 valence electrons. The van der Waals surface area contributed by atoms with Gasteiger partial charge in [0.15, 0.2) is 6.17 Å². The molecule has 1 atom stereocenters. The van der Waals surface area contributed by atoms with E-state index in [0.717, 1.165) is 11.3 Å². The lowest BCUT2D eigenvalue weighted by Gasteiger charge is -2.39. The van der Waals surface area contributed by atoms with Crippen molar-refractivity contribution in [3.05, 3.63) is 53.1 Å². The minimum Gasteiger partial charge on any atom is -0.368 e. The maximum Gasteiger partial charge on any atom is 0.261 e. The number of hydrogen-bond donors (Lipinski definition) is 2. The maximum atomic E-state index is 12.9. The van der Waals surface area contributed by atoms with Crippen molar-refractivity contribution in [1.29, 1.82) is 0 Å². The number of carbonyl (C=O) groups is 1. The lowest BCUT2D eigenvalue weighted by Crippen LogP contribution is -2.58. The van der Waals surface area contributed by atoms with Gasteiger partial charge in [0.2, 0.25) is 10.0 Å². The van der Waals surface area contributed by atoms with Gasteiger partial charge >= 0.3 is 0 Å². The highest BCUT2D eigenvalue weighted by molar-refractivity contribution is 7.89. The summed E-state index contributed by atoms with van der Waals surface area (Å²) in [5.41, 5.74) is 2.63. The van der Waals surface area contributed by atoms with E-state index in [0.29, 0.717) is 36.9 Å². The van der Waals surface area contributed by atoms with Crippen molar-refractivity contribution >= 4 is 38.9 Å². The second kappa shape index (κ2) is 7.27. The SMILES string of the molecule is Cc1ccc(Cl)cc1N1CCN(C(=O)C2Nc3ccccc3S(=O)(=O)N2)CC1. The number of hydrogen-bond acceptors (Lipinski definition) is 5. The van der Waals surface area contributed by atoms with E-state index in [1.165, 1.54) is 6.07 Å². The summed E-state index contributed by atoms with van der Waals surface area (Å²) in [6, 6.07) is 12.3. The fourth-order valence-electron chi connectivity index (χ4n) is 3.61. The van der Waals surface area contributed by atoms with Crippen LogP contribution in [0.15, 0.2) is 47.4 Å². The van der Waals surface area contributed by atoms with Gasteiger partial charge in [-0.1, -0.05) is 29.8 Å². The Bertz CT molecular complexity index is 1020. The normalized spacial score (nSPS) is 21.0. The van der Waals surface area contributed by atoms with Crippen LogP contribution in [0.1, 0.15) is 5.56 Å². The largest absolute Gasteiger partial charge is 0.368 e. The van der Waals surface area contributed by atoms with Crippen molar-refractivity contribution in [2.75, 3.05) is 36.4 Å². The second-order valence-corrected chi connectivity index (χ2v) is 9.06. The van der Waals surface area contributed by atoms with Gasteiger partial charge in [-0.2, -0.15) is 4.72 Å². The van der Waals surface area contributed by atoms with Crippen LogP contribution >= 0.6 is 11.6 Å². The van der Waals surface area contributed by atoms with E-state index >= 15 is 0 Å². The summed E-state index contributed by atoms with van der Waals surface area (Å²) < 4.78 is 27.3. The molecule has 1 fully saturated rings. The molecule has 28 heavy (non-hydrogen) atoms. The Kier molecular flexibility index (Phi) is 4.95. The van der Waals surface area contributed by atoms with Gasteiger partial charge in [0.1, 0.15) is 4.90 Å². The van der Waals surface area contributed by atoms with Crippen LogP contribution in [-0.2, 0) is 14.8 Å². The summed E-state index contributed by atoms with van der Waals surface area (Å²) in [5.74, 6) is -0.277. The highest BCUT2D eigenvalue weighted by Gasteiger charge is 2.36. The van der Waals surface area contributed by atoms with Gasteiger partial charge in [0, 0.05) is 36.9 Å². The summed E-state index contributed by atoms with van der Waals surface area (Å²) in [4.78, 5) is 16.9. The molecule has 1 unspecified atom stereocenters. The third-order valence-corrected chi connectivity index (χ3v) is 6.82. The summed E-state index contributed by atoms with van der Waals surface area (Å²) in [7, 11) is -3.72. The molecule has 2 N–H and O–H groups in total. The molecule has 9 heteroatoms. The minimum atomic E-state index is -3.72. The molecular formula is C19H21ClN4O3S. The van der Waals surface area contributed by atoms with Gasteiger partial charge in [-0.05, 0) is 36.8 Å². The number of anilines is 2. The summed E-state index contributed by atoms with van der Waals surface area (Å²) in [6.45, 7) is 4.35. The third kappa shape index (κ3) is 3.55. The molecule has 0 aromatic heterocycles. The van der Waals surface area contributed by atoms with Crippen LogP contribution in [0.3, 0.4) is 0 Å². The van der Waals surface area contributed by atoms with Crippen molar-refractivity contribution < 1.29 is 13.2 Å². The molecule has 0 saturated carbocycles. The average molecular weight is 421 g/mol. The lowest BCUT2D eigenvalue weighted by atomic mass is 10.1. The van der Waals surface area contributed by atoms with Crippen molar-refractivity contribution in [3.8, 4) is 0 Å². The molecule has 0 spiro atoms. The van der Waals surface area contributed by atoms with Crippen LogP contribution in [0.25, 0.3) is 0 Å². The number of fused-ring (bicyclic) bond motifs is 1. The highest BCUT2D eigenvalue weighted by atomic mass is 35.5. The number of para-hydroxylation sites is 1. The smallest absolute Gasteiger partial charge is 0.261 e. The van der Waals surface area contributed by atoms with Crippen molar-refractivity contribution in [2.45, 2.75) is 18.0 Å². The molecule has 2 aliphatic heterocycles. The van der Waals surface area contributed by atoms with E-state index < -0.39 is 16.2 Å². The predicted molar refractivity (Wildman–Crippen MR) is 109 cm³/mol. The van der Waals surface area contributed by atoms with Crippen molar-refractivity contribution in [1.82, 2.24) is 9.62 Å². The topological polar surface area (TPSA) is 81.8 Å². The summed E-state index contributed by atoms with van der Waals surface area (Å²) in [5, 5.41) is 3.68. The molecular weight excluding hydrogens is 400 g/mol. The quantitative estimate of drug-likeness (QED) is 0.776. The Hall–Kier alpha value is -2.29. The van der Waals surface area contributed by atoms with Crippen LogP contribution in [0.2, 0.25) is 5.02 Å². The van der Waals surface area contributed by atoms with Crippen LogP contribution in [-0.4, -0.2) is 51.6 Å². The summed E-state index contributed by atoms with van der Waals surface area (Å²) >= 11 is 6.12. The number of carbonyl (C=O) groups excluding carboxylic acids is 1. The Morgan fingerprint density at radius 3 is 2.57 bits per heavy atom. The van der Waals surface area contributed by atoms with Gasteiger partial charge in [0.25, 0.3) is 5.91 Å².